The zero-order chi connectivity index (χ0) is 19.8. The molecule has 7 heteroatoms. The molecule has 0 radical (unpaired) electrons. The number of benzene rings is 1. The molecule has 2 saturated heterocycles. The standard InChI is InChI=1S/C21H33ClN4O2/c1-3-28-17-8-10-26(11-9-17)21(23-2)24-16-20(25-12-14-27-15-13-25)18-6-4-5-7-19(18)22/h4-7,17,20H,3,8-16H2,1-2H3,(H,23,24). The van der Waals surface area contributed by atoms with E-state index in [-0.39, 0.29) is 6.04 Å². The van der Waals surface area contributed by atoms with Crippen LogP contribution in [-0.4, -0.2) is 81.5 Å². The zero-order valence-corrected chi connectivity index (χ0v) is 17.8. The van der Waals surface area contributed by atoms with Gasteiger partial charge in [-0.15, -0.1) is 0 Å². The average Bonchev–Trinajstić information content (AvgIpc) is 2.74. The topological polar surface area (TPSA) is 49.3 Å². The third-order valence-corrected chi connectivity index (χ3v) is 5.90. The second kappa shape index (κ2) is 11.0. The summed E-state index contributed by atoms with van der Waals surface area (Å²) in [7, 11) is 1.86. The summed E-state index contributed by atoms with van der Waals surface area (Å²) in [5.74, 6) is 0.959. The summed E-state index contributed by atoms with van der Waals surface area (Å²) in [5.41, 5.74) is 1.16. The number of rotatable bonds is 6. The first-order chi connectivity index (χ1) is 13.7. The Balaban J connectivity index is 1.64. The van der Waals surface area contributed by atoms with Crippen molar-refractivity contribution >= 4 is 17.6 Å². The Labute approximate surface area is 173 Å². The quantitative estimate of drug-likeness (QED) is 0.579. The fourth-order valence-electron chi connectivity index (χ4n) is 4.06. The van der Waals surface area contributed by atoms with Gasteiger partial charge in [-0.2, -0.15) is 0 Å². The van der Waals surface area contributed by atoms with Gasteiger partial charge >= 0.3 is 0 Å². The maximum absolute atomic E-state index is 6.54. The highest BCUT2D eigenvalue weighted by atomic mass is 35.5. The molecular weight excluding hydrogens is 376 g/mol. The fraction of sp³-hybridized carbons (Fsp3) is 0.667. The second-order valence-corrected chi connectivity index (χ2v) is 7.66. The molecule has 1 atom stereocenters. The molecule has 6 nitrogen and oxygen atoms in total. The molecule has 3 rings (SSSR count). The molecule has 1 unspecified atom stereocenters. The Morgan fingerprint density at radius 1 is 1.25 bits per heavy atom. The molecule has 2 fully saturated rings. The molecule has 1 aromatic carbocycles. The van der Waals surface area contributed by atoms with Gasteiger partial charge in [0.25, 0.3) is 0 Å². The van der Waals surface area contributed by atoms with E-state index in [1.807, 2.05) is 19.2 Å². The minimum absolute atomic E-state index is 0.190. The average molecular weight is 409 g/mol. The minimum Gasteiger partial charge on any atom is -0.379 e. The lowest BCUT2D eigenvalue weighted by atomic mass is 10.0. The van der Waals surface area contributed by atoms with Crippen molar-refractivity contribution in [3.05, 3.63) is 34.9 Å². The lowest BCUT2D eigenvalue weighted by Gasteiger charge is -2.37. The van der Waals surface area contributed by atoms with Crippen molar-refractivity contribution in [3.63, 3.8) is 0 Å². The van der Waals surface area contributed by atoms with Crippen molar-refractivity contribution in [3.8, 4) is 0 Å². The number of ether oxygens (including phenoxy) is 2. The third kappa shape index (κ3) is 5.60. The van der Waals surface area contributed by atoms with Gasteiger partial charge in [0.1, 0.15) is 0 Å². The Kier molecular flexibility index (Phi) is 8.40. The van der Waals surface area contributed by atoms with Crippen LogP contribution in [0.25, 0.3) is 0 Å². The molecule has 0 aliphatic carbocycles. The lowest BCUT2D eigenvalue weighted by molar-refractivity contribution is 0.0163. The van der Waals surface area contributed by atoms with Crippen LogP contribution < -0.4 is 5.32 Å². The number of likely N-dealkylation sites (tertiary alicyclic amines) is 1. The monoisotopic (exact) mass is 408 g/mol. The molecule has 28 heavy (non-hydrogen) atoms. The molecule has 2 aliphatic rings. The van der Waals surface area contributed by atoms with Crippen molar-refractivity contribution in [2.45, 2.75) is 31.9 Å². The van der Waals surface area contributed by atoms with E-state index in [2.05, 4.69) is 39.2 Å². The largest absolute Gasteiger partial charge is 0.379 e. The van der Waals surface area contributed by atoms with E-state index in [1.54, 1.807) is 0 Å². The normalized spacial score (nSPS) is 21.0. The van der Waals surface area contributed by atoms with E-state index < -0.39 is 0 Å². The van der Waals surface area contributed by atoms with E-state index in [4.69, 9.17) is 21.1 Å². The van der Waals surface area contributed by atoms with Gasteiger partial charge in [0.2, 0.25) is 0 Å². The Morgan fingerprint density at radius 2 is 1.96 bits per heavy atom. The number of aliphatic imine (C=N–C) groups is 1. The highest BCUT2D eigenvalue weighted by molar-refractivity contribution is 6.31. The van der Waals surface area contributed by atoms with Crippen LogP contribution in [0.3, 0.4) is 0 Å². The van der Waals surface area contributed by atoms with Crippen LogP contribution in [0.1, 0.15) is 31.4 Å². The molecule has 0 bridgehead atoms. The number of nitrogens with one attached hydrogen (secondary N) is 1. The second-order valence-electron chi connectivity index (χ2n) is 7.26. The molecule has 2 heterocycles. The minimum atomic E-state index is 0.190. The molecule has 0 aromatic heterocycles. The Morgan fingerprint density at radius 3 is 2.61 bits per heavy atom. The first-order valence-corrected chi connectivity index (χ1v) is 10.7. The molecular formula is C21H33ClN4O2. The number of hydrogen-bond acceptors (Lipinski definition) is 4. The molecule has 1 aromatic rings. The van der Waals surface area contributed by atoms with Crippen molar-refractivity contribution in [1.82, 2.24) is 15.1 Å². The van der Waals surface area contributed by atoms with Crippen LogP contribution in [0.4, 0.5) is 0 Å². The SMILES string of the molecule is CCOC1CCN(C(=NC)NCC(c2ccccc2Cl)N2CCOCC2)CC1. The van der Waals surface area contributed by atoms with E-state index in [0.29, 0.717) is 6.10 Å². The Bertz CT molecular complexity index is 629. The molecule has 0 spiro atoms. The van der Waals surface area contributed by atoms with Gasteiger partial charge in [-0.3, -0.25) is 9.89 Å². The molecule has 0 amide bonds. The number of piperidine rings is 1. The molecule has 2 aliphatic heterocycles. The van der Waals surface area contributed by atoms with Crippen LogP contribution in [-0.2, 0) is 9.47 Å². The Hall–Kier alpha value is -1.34. The number of nitrogens with zero attached hydrogens (tertiary/aromatic N) is 3. The van der Waals surface area contributed by atoms with Gasteiger partial charge in [0, 0.05) is 51.4 Å². The fourth-order valence-corrected chi connectivity index (χ4v) is 4.32. The highest BCUT2D eigenvalue weighted by Gasteiger charge is 2.26. The van der Waals surface area contributed by atoms with Crippen LogP contribution in [0.2, 0.25) is 5.02 Å². The van der Waals surface area contributed by atoms with E-state index in [1.165, 1.54) is 0 Å². The van der Waals surface area contributed by atoms with Crippen LogP contribution in [0.15, 0.2) is 29.3 Å². The van der Waals surface area contributed by atoms with Gasteiger partial charge in [0.05, 0.1) is 25.4 Å². The van der Waals surface area contributed by atoms with Gasteiger partial charge in [-0.05, 0) is 31.4 Å². The van der Waals surface area contributed by atoms with Gasteiger partial charge in [0.15, 0.2) is 5.96 Å². The number of guanidine groups is 1. The first kappa shape index (κ1) is 21.4. The molecule has 1 N–H and O–H groups in total. The highest BCUT2D eigenvalue weighted by Crippen LogP contribution is 2.28. The summed E-state index contributed by atoms with van der Waals surface area (Å²) in [4.78, 5) is 9.31. The van der Waals surface area contributed by atoms with E-state index >= 15 is 0 Å². The maximum Gasteiger partial charge on any atom is 0.193 e. The third-order valence-electron chi connectivity index (χ3n) is 5.56. The number of halogens is 1. The molecule has 156 valence electrons. The van der Waals surface area contributed by atoms with E-state index in [0.717, 1.165) is 81.9 Å². The first-order valence-electron chi connectivity index (χ1n) is 10.4. The number of hydrogen-bond donors (Lipinski definition) is 1. The zero-order valence-electron chi connectivity index (χ0n) is 17.1. The van der Waals surface area contributed by atoms with Crippen LogP contribution >= 0.6 is 11.6 Å². The summed E-state index contributed by atoms with van der Waals surface area (Å²) in [6.45, 7) is 8.91. The van der Waals surface area contributed by atoms with Gasteiger partial charge < -0.3 is 19.7 Å². The van der Waals surface area contributed by atoms with E-state index in [9.17, 15) is 0 Å². The summed E-state index contributed by atoms with van der Waals surface area (Å²) in [6, 6.07) is 8.33. The predicted octanol–water partition coefficient (Wildman–Crippen LogP) is 2.79. The lowest BCUT2D eigenvalue weighted by Crippen LogP contribution is -2.50. The van der Waals surface area contributed by atoms with Crippen LogP contribution in [0.5, 0.6) is 0 Å². The summed E-state index contributed by atoms with van der Waals surface area (Å²) in [6.07, 6.45) is 2.47. The summed E-state index contributed by atoms with van der Waals surface area (Å²) >= 11 is 6.54. The van der Waals surface area contributed by atoms with Gasteiger partial charge in [-0.1, -0.05) is 29.8 Å². The van der Waals surface area contributed by atoms with Gasteiger partial charge in [-0.25, -0.2) is 0 Å². The smallest absolute Gasteiger partial charge is 0.193 e. The summed E-state index contributed by atoms with van der Waals surface area (Å²) < 4.78 is 11.3. The van der Waals surface area contributed by atoms with Crippen molar-refractivity contribution in [1.29, 1.82) is 0 Å². The van der Waals surface area contributed by atoms with Crippen molar-refractivity contribution < 1.29 is 9.47 Å². The number of morpholine rings is 1. The predicted molar refractivity (Wildman–Crippen MR) is 114 cm³/mol. The molecule has 0 saturated carbocycles. The van der Waals surface area contributed by atoms with Crippen molar-refractivity contribution in [2.24, 2.45) is 4.99 Å². The summed E-state index contributed by atoms with van der Waals surface area (Å²) in [5, 5.41) is 4.42. The van der Waals surface area contributed by atoms with Crippen LogP contribution in [0, 0.1) is 0 Å². The maximum atomic E-state index is 6.54. The van der Waals surface area contributed by atoms with Crippen molar-refractivity contribution in [2.75, 3.05) is 59.6 Å².